The molecular weight excluding hydrogens is 268 g/mol. The molecule has 3 nitrogen and oxygen atoms in total. The van der Waals surface area contributed by atoms with Gasteiger partial charge in [-0.1, -0.05) is 37.3 Å². The van der Waals surface area contributed by atoms with Crippen molar-refractivity contribution in [1.82, 2.24) is 4.90 Å². The highest BCUT2D eigenvalue weighted by atomic mass is 32.2. The molecule has 0 fully saturated rings. The molecule has 20 heavy (non-hydrogen) atoms. The fourth-order valence-corrected chi connectivity index (χ4v) is 2.78. The number of nitrogens with two attached hydrogens (primary N) is 1. The van der Waals surface area contributed by atoms with Crippen molar-refractivity contribution >= 4 is 17.7 Å². The Morgan fingerprint density at radius 1 is 1.35 bits per heavy atom. The quantitative estimate of drug-likeness (QED) is 0.750. The predicted molar refractivity (Wildman–Crippen MR) is 87.8 cm³/mol. The topological polar surface area (TPSA) is 46.3 Å². The Labute approximate surface area is 126 Å². The summed E-state index contributed by atoms with van der Waals surface area (Å²) in [5.41, 5.74) is 7.12. The highest BCUT2D eigenvalue weighted by Crippen LogP contribution is 2.16. The number of carbonyl (C=O) groups is 1. The van der Waals surface area contributed by atoms with Crippen molar-refractivity contribution in [3.8, 4) is 0 Å². The molecule has 0 aliphatic rings. The highest BCUT2D eigenvalue weighted by molar-refractivity contribution is 7.99. The van der Waals surface area contributed by atoms with Crippen LogP contribution in [-0.4, -0.2) is 35.4 Å². The first-order valence-corrected chi connectivity index (χ1v) is 8.35. The summed E-state index contributed by atoms with van der Waals surface area (Å²) in [6.45, 7) is 4.26. The van der Waals surface area contributed by atoms with Crippen LogP contribution in [0.5, 0.6) is 0 Å². The third-order valence-corrected chi connectivity index (χ3v) is 4.49. The highest BCUT2D eigenvalue weighted by Gasteiger charge is 2.18. The van der Waals surface area contributed by atoms with Crippen LogP contribution in [0, 0.1) is 0 Å². The number of benzene rings is 1. The zero-order valence-corrected chi connectivity index (χ0v) is 13.5. The van der Waals surface area contributed by atoms with Crippen molar-refractivity contribution in [3.05, 3.63) is 35.9 Å². The molecule has 0 radical (unpaired) electrons. The monoisotopic (exact) mass is 294 g/mol. The minimum Gasteiger partial charge on any atom is -0.343 e. The third-order valence-electron chi connectivity index (χ3n) is 3.56. The van der Waals surface area contributed by atoms with Crippen molar-refractivity contribution in [1.29, 1.82) is 0 Å². The minimum atomic E-state index is -0.219. The van der Waals surface area contributed by atoms with Crippen LogP contribution in [0.15, 0.2) is 30.3 Å². The first-order valence-electron chi connectivity index (χ1n) is 7.20. The number of hydrogen-bond acceptors (Lipinski definition) is 3. The Kier molecular flexibility index (Phi) is 7.70. The Balaban J connectivity index is 2.45. The molecule has 2 unspecified atom stereocenters. The van der Waals surface area contributed by atoms with E-state index >= 15 is 0 Å². The van der Waals surface area contributed by atoms with E-state index in [2.05, 4.69) is 13.8 Å². The zero-order chi connectivity index (χ0) is 15.0. The smallest absolute Gasteiger partial charge is 0.224 e. The van der Waals surface area contributed by atoms with Gasteiger partial charge in [0.15, 0.2) is 0 Å². The summed E-state index contributed by atoms with van der Waals surface area (Å²) >= 11 is 1.91. The van der Waals surface area contributed by atoms with Gasteiger partial charge in [-0.25, -0.2) is 0 Å². The number of nitrogens with zero attached hydrogens (tertiary/aromatic N) is 1. The van der Waals surface area contributed by atoms with Gasteiger partial charge in [-0.3, -0.25) is 4.79 Å². The number of amides is 1. The van der Waals surface area contributed by atoms with Gasteiger partial charge in [0.1, 0.15) is 0 Å². The average Bonchev–Trinajstić information content (AvgIpc) is 2.47. The first kappa shape index (κ1) is 17.1. The van der Waals surface area contributed by atoms with Crippen molar-refractivity contribution in [2.45, 2.75) is 38.8 Å². The molecule has 2 N–H and O–H groups in total. The zero-order valence-electron chi connectivity index (χ0n) is 12.7. The molecule has 0 saturated carbocycles. The van der Waals surface area contributed by atoms with Gasteiger partial charge < -0.3 is 10.6 Å². The van der Waals surface area contributed by atoms with E-state index in [0.717, 1.165) is 23.5 Å². The van der Waals surface area contributed by atoms with Crippen LogP contribution in [0.2, 0.25) is 0 Å². The van der Waals surface area contributed by atoms with Gasteiger partial charge in [0.2, 0.25) is 5.91 Å². The summed E-state index contributed by atoms with van der Waals surface area (Å²) < 4.78 is 0. The lowest BCUT2D eigenvalue weighted by molar-refractivity contribution is -0.132. The lowest BCUT2D eigenvalue weighted by atomic mass is 10.0. The SMILES string of the molecule is CCSCCC(C)N(C)C(=O)CC(N)c1ccccc1. The van der Waals surface area contributed by atoms with Crippen molar-refractivity contribution in [2.24, 2.45) is 5.73 Å². The van der Waals surface area contributed by atoms with E-state index < -0.39 is 0 Å². The Bertz CT molecular complexity index is 397. The van der Waals surface area contributed by atoms with E-state index in [0.29, 0.717) is 6.42 Å². The van der Waals surface area contributed by atoms with Crippen molar-refractivity contribution in [2.75, 3.05) is 18.6 Å². The fourth-order valence-electron chi connectivity index (χ4n) is 1.99. The van der Waals surface area contributed by atoms with Gasteiger partial charge in [0.25, 0.3) is 0 Å². The molecule has 1 aromatic carbocycles. The van der Waals surface area contributed by atoms with Crippen molar-refractivity contribution < 1.29 is 4.79 Å². The second-order valence-corrected chi connectivity index (χ2v) is 6.45. The van der Waals surface area contributed by atoms with Crippen LogP contribution in [0.25, 0.3) is 0 Å². The maximum absolute atomic E-state index is 12.2. The Morgan fingerprint density at radius 3 is 2.60 bits per heavy atom. The largest absolute Gasteiger partial charge is 0.343 e. The standard InChI is InChI=1S/C16H26N2OS/c1-4-20-11-10-13(2)18(3)16(19)12-15(17)14-8-6-5-7-9-14/h5-9,13,15H,4,10-12,17H2,1-3H3. The van der Waals surface area contributed by atoms with Crippen LogP contribution in [-0.2, 0) is 4.79 Å². The number of hydrogen-bond donors (Lipinski definition) is 1. The second kappa shape index (κ2) is 9.03. The summed E-state index contributed by atoms with van der Waals surface area (Å²) in [5.74, 6) is 2.35. The molecular formula is C16H26N2OS. The summed E-state index contributed by atoms with van der Waals surface area (Å²) in [5, 5.41) is 0. The number of rotatable bonds is 8. The maximum Gasteiger partial charge on any atom is 0.224 e. The molecule has 1 rings (SSSR count). The lowest BCUT2D eigenvalue weighted by Gasteiger charge is -2.26. The van der Waals surface area contributed by atoms with E-state index in [1.165, 1.54) is 0 Å². The van der Waals surface area contributed by atoms with Gasteiger partial charge in [-0.05, 0) is 30.4 Å². The van der Waals surface area contributed by atoms with Gasteiger partial charge in [-0.15, -0.1) is 0 Å². The van der Waals surface area contributed by atoms with Gasteiger partial charge in [-0.2, -0.15) is 11.8 Å². The van der Waals surface area contributed by atoms with E-state index in [4.69, 9.17) is 5.73 Å². The Morgan fingerprint density at radius 2 is 2.00 bits per heavy atom. The summed E-state index contributed by atoms with van der Waals surface area (Å²) in [6.07, 6.45) is 1.40. The van der Waals surface area contributed by atoms with Crippen LogP contribution in [0.3, 0.4) is 0 Å². The average molecular weight is 294 g/mol. The van der Waals surface area contributed by atoms with E-state index in [9.17, 15) is 4.79 Å². The normalized spacial score (nSPS) is 13.8. The molecule has 0 aliphatic carbocycles. The molecule has 4 heteroatoms. The molecule has 0 aromatic heterocycles. The molecule has 112 valence electrons. The fraction of sp³-hybridized carbons (Fsp3) is 0.562. The van der Waals surface area contributed by atoms with Gasteiger partial charge in [0, 0.05) is 25.6 Å². The van der Waals surface area contributed by atoms with E-state index in [-0.39, 0.29) is 18.0 Å². The number of carbonyl (C=O) groups excluding carboxylic acids is 1. The molecule has 0 spiro atoms. The predicted octanol–water partition coefficient (Wildman–Crippen LogP) is 3.07. The summed E-state index contributed by atoms with van der Waals surface area (Å²) in [4.78, 5) is 14.1. The lowest BCUT2D eigenvalue weighted by Crippen LogP contribution is -2.37. The molecule has 0 saturated heterocycles. The first-order chi connectivity index (χ1) is 9.56. The van der Waals surface area contributed by atoms with Gasteiger partial charge >= 0.3 is 0 Å². The minimum absolute atomic E-state index is 0.121. The second-order valence-electron chi connectivity index (χ2n) is 5.06. The molecule has 0 bridgehead atoms. The summed E-state index contributed by atoms with van der Waals surface area (Å²) in [6, 6.07) is 9.85. The van der Waals surface area contributed by atoms with Crippen molar-refractivity contribution in [3.63, 3.8) is 0 Å². The van der Waals surface area contributed by atoms with E-state index in [1.807, 2.05) is 54.0 Å². The van der Waals surface area contributed by atoms with Crippen LogP contribution in [0.1, 0.15) is 38.3 Å². The van der Waals surface area contributed by atoms with Crippen LogP contribution in [0.4, 0.5) is 0 Å². The molecule has 0 heterocycles. The summed E-state index contributed by atoms with van der Waals surface area (Å²) in [7, 11) is 1.88. The molecule has 2 atom stereocenters. The van der Waals surface area contributed by atoms with Gasteiger partial charge in [0.05, 0.1) is 0 Å². The molecule has 1 amide bonds. The Hall–Kier alpha value is -1.00. The number of thioether (sulfide) groups is 1. The van der Waals surface area contributed by atoms with E-state index in [1.54, 1.807) is 0 Å². The van der Waals surface area contributed by atoms with Crippen LogP contribution < -0.4 is 5.73 Å². The maximum atomic E-state index is 12.2. The molecule has 1 aromatic rings. The third kappa shape index (κ3) is 5.55. The van der Waals surface area contributed by atoms with Crippen LogP contribution >= 0.6 is 11.8 Å². The molecule has 0 aliphatic heterocycles.